The van der Waals surface area contributed by atoms with Crippen molar-refractivity contribution in [3.8, 4) is 0 Å². The summed E-state index contributed by atoms with van der Waals surface area (Å²) < 4.78 is 0. The summed E-state index contributed by atoms with van der Waals surface area (Å²) >= 11 is 0. The van der Waals surface area contributed by atoms with E-state index in [0.29, 0.717) is 32.0 Å². The molecule has 0 radical (unpaired) electrons. The largest absolute Gasteiger partial charge is 0.345 e. The van der Waals surface area contributed by atoms with Crippen molar-refractivity contribution in [1.29, 1.82) is 0 Å². The lowest BCUT2D eigenvalue weighted by molar-refractivity contribution is -0.136. The molecule has 1 aromatic rings. The minimum absolute atomic E-state index is 0.00601. The Bertz CT molecular complexity index is 556. The molecule has 144 valence electrons. The van der Waals surface area contributed by atoms with Crippen LogP contribution < -0.4 is 11.1 Å². The monoisotopic (exact) mass is 359 g/mol. The van der Waals surface area contributed by atoms with Gasteiger partial charge in [-0.1, -0.05) is 49.6 Å². The maximum atomic E-state index is 12.7. The number of amides is 2. The van der Waals surface area contributed by atoms with Crippen LogP contribution in [-0.2, 0) is 16.0 Å². The lowest BCUT2D eigenvalue weighted by atomic mass is 9.87. The topological polar surface area (TPSA) is 75.4 Å². The molecule has 0 bridgehead atoms. The fraction of sp³-hybridized carbons (Fsp3) is 0.619. The molecule has 2 amide bonds. The summed E-state index contributed by atoms with van der Waals surface area (Å²) in [5.74, 6) is 0.418. The van der Waals surface area contributed by atoms with Gasteiger partial charge in [-0.15, -0.1) is 0 Å². The Morgan fingerprint density at radius 2 is 1.85 bits per heavy atom. The molecule has 3 N–H and O–H groups in total. The first-order valence-corrected chi connectivity index (χ1v) is 9.92. The fourth-order valence-corrected chi connectivity index (χ4v) is 3.69. The quantitative estimate of drug-likeness (QED) is 0.711. The van der Waals surface area contributed by atoms with E-state index in [4.69, 9.17) is 5.73 Å². The summed E-state index contributed by atoms with van der Waals surface area (Å²) in [6.07, 6.45) is 7.31. The molecule has 0 aromatic heterocycles. The van der Waals surface area contributed by atoms with E-state index in [1.807, 2.05) is 18.2 Å². The average molecular weight is 360 g/mol. The molecule has 1 aliphatic carbocycles. The maximum Gasteiger partial charge on any atom is 0.244 e. The van der Waals surface area contributed by atoms with Crippen molar-refractivity contribution in [2.75, 3.05) is 19.6 Å². The molecule has 2 rings (SSSR count). The van der Waals surface area contributed by atoms with Gasteiger partial charge >= 0.3 is 0 Å². The highest BCUT2D eigenvalue weighted by atomic mass is 16.2. The molecule has 0 spiro atoms. The minimum Gasteiger partial charge on any atom is -0.345 e. The van der Waals surface area contributed by atoms with Gasteiger partial charge in [-0.2, -0.15) is 0 Å². The van der Waals surface area contributed by atoms with Gasteiger partial charge in [-0.25, -0.2) is 0 Å². The van der Waals surface area contributed by atoms with Gasteiger partial charge in [0, 0.05) is 26.1 Å². The standard InChI is InChI=1S/C21H33N3O2/c1-17(23-20(25)16-19-10-6-3-7-11-19)21(26)24(15-13-22)14-12-18-8-4-2-5-9-18/h2,4-5,8-9,17,19H,3,6-7,10-16,22H2,1H3,(H,23,25). The Balaban J connectivity index is 1.82. The molecule has 26 heavy (non-hydrogen) atoms. The smallest absolute Gasteiger partial charge is 0.244 e. The molecule has 5 heteroatoms. The predicted molar refractivity (Wildman–Crippen MR) is 105 cm³/mol. The van der Waals surface area contributed by atoms with Crippen molar-refractivity contribution in [3.05, 3.63) is 35.9 Å². The zero-order valence-corrected chi connectivity index (χ0v) is 16.0. The molecule has 1 unspecified atom stereocenters. The molecule has 5 nitrogen and oxygen atoms in total. The summed E-state index contributed by atoms with van der Waals surface area (Å²) in [6, 6.07) is 9.59. The molecule has 0 aliphatic heterocycles. The Morgan fingerprint density at radius 3 is 2.50 bits per heavy atom. The fourth-order valence-electron chi connectivity index (χ4n) is 3.69. The SMILES string of the molecule is CC(NC(=O)CC1CCCCC1)C(=O)N(CCN)CCc1ccccc1. The summed E-state index contributed by atoms with van der Waals surface area (Å²) in [5, 5.41) is 2.89. The van der Waals surface area contributed by atoms with Crippen LogP contribution in [0, 0.1) is 5.92 Å². The number of hydrogen-bond acceptors (Lipinski definition) is 3. The maximum absolute atomic E-state index is 12.7. The Labute approximate surface area is 157 Å². The second kappa shape index (κ2) is 11.0. The van der Waals surface area contributed by atoms with Crippen LogP contribution in [0.5, 0.6) is 0 Å². The third kappa shape index (κ3) is 6.79. The van der Waals surface area contributed by atoms with Crippen LogP contribution in [0.2, 0.25) is 0 Å². The van der Waals surface area contributed by atoms with E-state index >= 15 is 0 Å². The van der Waals surface area contributed by atoms with Crippen LogP contribution in [0.25, 0.3) is 0 Å². The normalized spacial score (nSPS) is 16.1. The molecule has 1 atom stereocenters. The second-order valence-corrected chi connectivity index (χ2v) is 7.35. The molecule has 1 aromatic carbocycles. The van der Waals surface area contributed by atoms with E-state index in [1.165, 1.54) is 24.8 Å². The number of nitrogens with one attached hydrogen (secondary N) is 1. The van der Waals surface area contributed by atoms with Crippen LogP contribution in [0.15, 0.2) is 30.3 Å². The van der Waals surface area contributed by atoms with Crippen molar-refractivity contribution in [2.24, 2.45) is 11.7 Å². The van der Waals surface area contributed by atoms with Crippen LogP contribution in [-0.4, -0.2) is 42.4 Å². The Kier molecular flexibility index (Phi) is 8.62. The number of nitrogens with two attached hydrogens (primary N) is 1. The molecule has 1 aliphatic rings. The van der Waals surface area contributed by atoms with Crippen LogP contribution in [0.1, 0.15) is 51.0 Å². The first kappa shape index (κ1) is 20.4. The molecule has 1 fully saturated rings. The number of rotatable bonds is 9. The first-order valence-electron chi connectivity index (χ1n) is 9.92. The van der Waals surface area contributed by atoms with E-state index in [9.17, 15) is 9.59 Å². The van der Waals surface area contributed by atoms with E-state index in [-0.39, 0.29) is 11.8 Å². The van der Waals surface area contributed by atoms with Crippen molar-refractivity contribution in [3.63, 3.8) is 0 Å². The Morgan fingerprint density at radius 1 is 1.15 bits per heavy atom. The predicted octanol–water partition coefficient (Wildman–Crippen LogP) is 2.49. The molecular formula is C21H33N3O2. The second-order valence-electron chi connectivity index (χ2n) is 7.35. The zero-order valence-electron chi connectivity index (χ0n) is 16.0. The zero-order chi connectivity index (χ0) is 18.8. The summed E-state index contributed by atoms with van der Waals surface area (Å²) in [4.78, 5) is 26.8. The summed E-state index contributed by atoms with van der Waals surface area (Å²) in [5.41, 5.74) is 6.87. The number of benzene rings is 1. The highest BCUT2D eigenvalue weighted by Crippen LogP contribution is 2.26. The van der Waals surface area contributed by atoms with Gasteiger partial charge in [-0.05, 0) is 37.7 Å². The van der Waals surface area contributed by atoms with Crippen molar-refractivity contribution in [2.45, 2.75) is 57.9 Å². The average Bonchev–Trinajstić information content (AvgIpc) is 2.66. The highest BCUT2D eigenvalue weighted by Gasteiger charge is 2.23. The van der Waals surface area contributed by atoms with E-state index < -0.39 is 6.04 Å². The van der Waals surface area contributed by atoms with Gasteiger partial charge < -0.3 is 16.0 Å². The van der Waals surface area contributed by atoms with Crippen molar-refractivity contribution < 1.29 is 9.59 Å². The van der Waals surface area contributed by atoms with Crippen LogP contribution >= 0.6 is 0 Å². The summed E-state index contributed by atoms with van der Waals surface area (Å²) in [6.45, 7) is 3.31. The van der Waals surface area contributed by atoms with Gasteiger partial charge in [0.2, 0.25) is 11.8 Å². The van der Waals surface area contributed by atoms with Gasteiger partial charge in [0.15, 0.2) is 0 Å². The number of carbonyl (C=O) groups excluding carboxylic acids is 2. The lowest BCUT2D eigenvalue weighted by Crippen LogP contribution is -2.49. The molecule has 1 saturated carbocycles. The van der Waals surface area contributed by atoms with Crippen molar-refractivity contribution in [1.82, 2.24) is 10.2 Å². The van der Waals surface area contributed by atoms with Gasteiger partial charge in [0.05, 0.1) is 0 Å². The van der Waals surface area contributed by atoms with Crippen molar-refractivity contribution >= 4 is 11.8 Å². The van der Waals surface area contributed by atoms with E-state index in [0.717, 1.165) is 19.3 Å². The number of hydrogen-bond donors (Lipinski definition) is 2. The molecular weight excluding hydrogens is 326 g/mol. The van der Waals surface area contributed by atoms with Gasteiger partial charge in [0.25, 0.3) is 0 Å². The lowest BCUT2D eigenvalue weighted by Gasteiger charge is -2.27. The number of nitrogens with zero attached hydrogens (tertiary/aromatic N) is 1. The van der Waals surface area contributed by atoms with Gasteiger partial charge in [0.1, 0.15) is 6.04 Å². The molecule has 0 heterocycles. The minimum atomic E-state index is -0.506. The van der Waals surface area contributed by atoms with Gasteiger partial charge in [-0.3, -0.25) is 9.59 Å². The third-order valence-corrected chi connectivity index (χ3v) is 5.17. The highest BCUT2D eigenvalue weighted by molar-refractivity contribution is 5.87. The Hall–Kier alpha value is -1.88. The number of carbonyl (C=O) groups is 2. The van der Waals surface area contributed by atoms with Crippen LogP contribution in [0.3, 0.4) is 0 Å². The van der Waals surface area contributed by atoms with Crippen LogP contribution in [0.4, 0.5) is 0 Å². The summed E-state index contributed by atoms with van der Waals surface area (Å²) in [7, 11) is 0. The molecule has 0 saturated heterocycles. The van der Waals surface area contributed by atoms with E-state index in [1.54, 1.807) is 11.8 Å². The third-order valence-electron chi connectivity index (χ3n) is 5.17. The first-order chi connectivity index (χ1) is 12.6. The van der Waals surface area contributed by atoms with E-state index in [2.05, 4.69) is 17.4 Å².